The minimum Gasteiger partial charge on any atom is -0.365 e. The number of hydrogen-bond donors (Lipinski definition) is 1. The summed E-state index contributed by atoms with van der Waals surface area (Å²) in [5, 5.41) is 12.8. The van der Waals surface area contributed by atoms with Crippen LogP contribution in [0.4, 0.5) is 13.2 Å². The molecule has 1 aliphatic heterocycles. The fraction of sp³-hybridized carbons (Fsp3) is 0.583. The Kier molecular flexibility index (Phi) is 5.04. The molecule has 1 aromatic rings. The summed E-state index contributed by atoms with van der Waals surface area (Å²) in [5.74, 6) is -0.845. The molecular weight excluding hydrogens is 284 g/mol. The van der Waals surface area contributed by atoms with Crippen LogP contribution in [0.2, 0.25) is 5.82 Å². The number of aryl methyl sites for hydroxylation is 1. The number of amides is 1. The van der Waals surface area contributed by atoms with Gasteiger partial charge in [-0.25, -0.2) is 5.26 Å². The van der Waals surface area contributed by atoms with Gasteiger partial charge in [-0.05, 0) is 13.2 Å². The average molecular weight is 300 g/mol. The fourth-order valence-corrected chi connectivity index (χ4v) is 2.44. The maximum atomic E-state index is 12.9. The molecular formula is C12H16BF3N4O. The molecule has 5 nitrogen and oxygen atoms in total. The lowest BCUT2D eigenvalue weighted by Crippen LogP contribution is -2.41. The second-order valence-corrected chi connectivity index (χ2v) is 4.54. The van der Waals surface area contributed by atoms with Gasteiger partial charge in [0.2, 0.25) is 0 Å². The van der Waals surface area contributed by atoms with E-state index in [4.69, 9.17) is 11.0 Å². The molecule has 0 radical (unpaired) electrons. The lowest BCUT2D eigenvalue weighted by molar-refractivity contribution is -0.138. The van der Waals surface area contributed by atoms with Crippen molar-refractivity contribution in [3.63, 3.8) is 0 Å². The summed E-state index contributed by atoms with van der Waals surface area (Å²) in [4.78, 5) is 11.3. The number of alkyl halides is 3. The van der Waals surface area contributed by atoms with E-state index in [2.05, 4.69) is 5.10 Å². The Bertz CT molecular complexity index is 576. The molecule has 9 heteroatoms. The topological polar surface area (TPSA) is 84.7 Å². The number of hydrogen-bond acceptors (Lipinski definition) is 3. The summed E-state index contributed by atoms with van der Waals surface area (Å²) in [6.07, 6.45) is -4.63. The van der Waals surface area contributed by atoms with Crippen molar-refractivity contribution < 1.29 is 18.0 Å². The SMILES string of the molecule is CC.Cc1nn2c(c1C(N)=O)CB(C#N)C(C(F)(F)F)C2. The van der Waals surface area contributed by atoms with Gasteiger partial charge in [0.25, 0.3) is 12.6 Å². The summed E-state index contributed by atoms with van der Waals surface area (Å²) >= 11 is 0. The number of aromatic nitrogens is 2. The van der Waals surface area contributed by atoms with E-state index >= 15 is 0 Å². The van der Waals surface area contributed by atoms with Crippen LogP contribution in [-0.4, -0.2) is 28.6 Å². The minimum atomic E-state index is -4.47. The highest BCUT2D eigenvalue weighted by Crippen LogP contribution is 2.39. The van der Waals surface area contributed by atoms with Crippen molar-refractivity contribution in [2.24, 2.45) is 5.73 Å². The summed E-state index contributed by atoms with van der Waals surface area (Å²) in [6, 6.07) is 0. The second-order valence-electron chi connectivity index (χ2n) is 4.54. The zero-order chi connectivity index (χ0) is 16.4. The van der Waals surface area contributed by atoms with Crippen molar-refractivity contribution in [3.8, 4) is 5.97 Å². The van der Waals surface area contributed by atoms with Crippen LogP contribution < -0.4 is 5.73 Å². The molecule has 0 saturated carbocycles. The Labute approximate surface area is 121 Å². The molecule has 1 aromatic heterocycles. The smallest absolute Gasteiger partial charge is 0.365 e. The van der Waals surface area contributed by atoms with Gasteiger partial charge in [-0.3, -0.25) is 9.48 Å². The predicted octanol–water partition coefficient (Wildman–Crippen LogP) is 1.90. The lowest BCUT2D eigenvalue weighted by Gasteiger charge is -2.27. The van der Waals surface area contributed by atoms with Crippen LogP contribution in [0, 0.1) is 18.2 Å². The molecule has 1 aliphatic rings. The predicted molar refractivity (Wildman–Crippen MR) is 71.7 cm³/mol. The van der Waals surface area contributed by atoms with E-state index in [1.165, 1.54) is 6.92 Å². The third-order valence-electron chi connectivity index (χ3n) is 3.33. The molecule has 0 aromatic carbocycles. The number of primary amides is 1. The van der Waals surface area contributed by atoms with Gasteiger partial charge in [-0.15, -0.1) is 0 Å². The monoisotopic (exact) mass is 300 g/mol. The highest BCUT2D eigenvalue weighted by molar-refractivity contribution is 6.68. The molecule has 114 valence electrons. The number of carbonyl (C=O) groups excluding carboxylic acids is 1. The molecule has 0 aliphatic carbocycles. The Morgan fingerprint density at radius 2 is 2.10 bits per heavy atom. The van der Waals surface area contributed by atoms with Gasteiger partial charge in [0.05, 0.1) is 17.1 Å². The van der Waals surface area contributed by atoms with Gasteiger partial charge in [-0.1, -0.05) is 13.8 Å². The van der Waals surface area contributed by atoms with Gasteiger partial charge in [-0.2, -0.15) is 18.3 Å². The summed E-state index contributed by atoms with van der Waals surface area (Å²) in [6.45, 7) is 3.84. The van der Waals surface area contributed by atoms with Gasteiger partial charge >= 0.3 is 6.18 Å². The number of rotatable bonds is 1. The molecule has 2 N–H and O–H groups in total. The molecule has 0 spiro atoms. The molecule has 0 bridgehead atoms. The third kappa shape index (κ3) is 3.20. The molecule has 0 fully saturated rings. The Balaban J connectivity index is 0.00000106. The van der Waals surface area contributed by atoms with Gasteiger partial charge < -0.3 is 5.73 Å². The first-order valence-corrected chi connectivity index (χ1v) is 6.58. The van der Waals surface area contributed by atoms with Gasteiger partial charge in [0, 0.05) is 18.2 Å². The average Bonchev–Trinajstić information content (AvgIpc) is 2.73. The first-order chi connectivity index (χ1) is 9.75. The molecule has 2 rings (SSSR count). The normalized spacial score (nSPS) is 17.4. The van der Waals surface area contributed by atoms with E-state index in [1.807, 2.05) is 13.8 Å². The highest BCUT2D eigenvalue weighted by Gasteiger charge is 2.50. The van der Waals surface area contributed by atoms with Gasteiger partial charge in [0.1, 0.15) is 0 Å². The van der Waals surface area contributed by atoms with Crippen LogP contribution in [0.5, 0.6) is 0 Å². The molecule has 1 unspecified atom stereocenters. The second kappa shape index (κ2) is 6.20. The van der Waals surface area contributed by atoms with Crippen LogP contribution in [0.3, 0.4) is 0 Å². The van der Waals surface area contributed by atoms with E-state index < -0.39 is 31.2 Å². The molecule has 21 heavy (non-hydrogen) atoms. The zero-order valence-corrected chi connectivity index (χ0v) is 12.0. The lowest BCUT2D eigenvalue weighted by atomic mass is 9.38. The van der Waals surface area contributed by atoms with E-state index in [0.29, 0.717) is 11.4 Å². The van der Waals surface area contributed by atoms with Crippen molar-refractivity contribution in [1.82, 2.24) is 9.78 Å². The molecule has 1 atom stereocenters. The van der Waals surface area contributed by atoms with Crippen LogP contribution >= 0.6 is 0 Å². The Morgan fingerprint density at radius 3 is 2.52 bits per heavy atom. The minimum absolute atomic E-state index is 0.126. The summed E-state index contributed by atoms with van der Waals surface area (Å²) in [7, 11) is 0. The molecule has 0 saturated heterocycles. The highest BCUT2D eigenvalue weighted by atomic mass is 19.4. The first kappa shape index (κ1) is 17.1. The van der Waals surface area contributed by atoms with Gasteiger partial charge in [0.15, 0.2) is 0 Å². The largest absolute Gasteiger partial charge is 0.388 e. The quantitative estimate of drug-likeness (QED) is 0.804. The first-order valence-electron chi connectivity index (χ1n) is 6.58. The van der Waals surface area contributed by atoms with Crippen LogP contribution in [-0.2, 0) is 12.9 Å². The number of halogens is 3. The van der Waals surface area contributed by atoms with Crippen LogP contribution in [0.15, 0.2) is 0 Å². The van der Waals surface area contributed by atoms with Crippen molar-refractivity contribution in [2.45, 2.75) is 45.6 Å². The number of fused-ring (bicyclic) bond motifs is 1. The van der Waals surface area contributed by atoms with E-state index in [-0.39, 0.29) is 11.9 Å². The number of nitrogens with zero attached hydrogens (tertiary/aromatic N) is 3. The maximum absolute atomic E-state index is 12.9. The van der Waals surface area contributed by atoms with Crippen molar-refractivity contribution >= 4 is 12.6 Å². The number of nitrogens with two attached hydrogens (primary N) is 1. The number of carbonyl (C=O) groups is 1. The molecule has 2 heterocycles. The van der Waals surface area contributed by atoms with E-state index in [1.54, 1.807) is 5.97 Å². The van der Waals surface area contributed by atoms with E-state index in [0.717, 1.165) is 4.68 Å². The maximum Gasteiger partial charge on any atom is 0.388 e. The fourth-order valence-electron chi connectivity index (χ4n) is 2.44. The Hall–Kier alpha value is -1.98. The van der Waals surface area contributed by atoms with Crippen LogP contribution in [0.1, 0.15) is 35.6 Å². The standard InChI is InChI=1S/C10H10BF3N4O.C2H6/c1-5-8(9(16)19)6-2-11(4-15)7(10(12,13)14)3-18(6)17-5;1-2/h7H,2-3H2,1H3,(H2,16,19);1-2H3. The van der Waals surface area contributed by atoms with Crippen molar-refractivity contribution in [3.05, 3.63) is 17.0 Å². The van der Waals surface area contributed by atoms with Crippen molar-refractivity contribution in [1.29, 1.82) is 5.26 Å². The Morgan fingerprint density at radius 1 is 1.52 bits per heavy atom. The van der Waals surface area contributed by atoms with E-state index in [9.17, 15) is 18.0 Å². The third-order valence-corrected chi connectivity index (χ3v) is 3.33. The zero-order valence-electron chi connectivity index (χ0n) is 12.0. The summed E-state index contributed by atoms with van der Waals surface area (Å²) < 4.78 is 39.7. The van der Waals surface area contributed by atoms with Crippen molar-refractivity contribution in [2.75, 3.05) is 0 Å². The summed E-state index contributed by atoms with van der Waals surface area (Å²) in [5.41, 5.74) is 5.93. The molecule has 1 amide bonds. The number of nitriles is 1. The van der Waals surface area contributed by atoms with Crippen LogP contribution in [0.25, 0.3) is 0 Å².